The standard InChI is InChI=1S/C19H16Br2F3N5O2/c20-12-3-5-14(6-4-12)31-10-28-8-13(7-25-28)26-15(30)9-29-17(11-1-2-11)16(21)18(27-29)19(22,23)24/h3-8,11H,1-2,9-10H2,(H,26,30). The normalized spacial score (nSPS) is 14.0. The molecule has 0 bridgehead atoms. The van der Waals surface area contributed by atoms with Gasteiger partial charge in [-0.2, -0.15) is 23.4 Å². The minimum absolute atomic E-state index is 0.0238. The number of rotatable bonds is 7. The van der Waals surface area contributed by atoms with Gasteiger partial charge < -0.3 is 10.1 Å². The van der Waals surface area contributed by atoms with Crippen molar-refractivity contribution in [2.45, 2.75) is 38.2 Å². The summed E-state index contributed by atoms with van der Waals surface area (Å²) in [6, 6.07) is 7.28. The van der Waals surface area contributed by atoms with Crippen LogP contribution in [0, 0.1) is 0 Å². The first kappa shape index (κ1) is 21.9. The van der Waals surface area contributed by atoms with Crippen LogP contribution in [-0.4, -0.2) is 25.5 Å². The summed E-state index contributed by atoms with van der Waals surface area (Å²) in [4.78, 5) is 12.4. The molecular formula is C19H16Br2F3N5O2. The van der Waals surface area contributed by atoms with E-state index in [1.54, 1.807) is 18.3 Å². The molecule has 0 aliphatic heterocycles. The third kappa shape index (κ3) is 5.29. The van der Waals surface area contributed by atoms with E-state index < -0.39 is 17.8 Å². The number of hydrogen-bond acceptors (Lipinski definition) is 4. The second-order valence-corrected chi connectivity index (χ2v) is 8.73. The Balaban J connectivity index is 1.39. The molecule has 2 aromatic heterocycles. The van der Waals surface area contributed by atoms with E-state index in [4.69, 9.17) is 4.74 Å². The van der Waals surface area contributed by atoms with Crippen molar-refractivity contribution < 1.29 is 22.7 Å². The summed E-state index contributed by atoms with van der Waals surface area (Å²) in [6.07, 6.45) is -0.0492. The smallest absolute Gasteiger partial charge is 0.436 e. The number of aromatic nitrogens is 4. The van der Waals surface area contributed by atoms with Gasteiger partial charge in [-0.15, -0.1) is 0 Å². The Morgan fingerprint density at radius 1 is 1.23 bits per heavy atom. The van der Waals surface area contributed by atoms with E-state index in [-0.39, 0.29) is 23.7 Å². The van der Waals surface area contributed by atoms with E-state index >= 15 is 0 Å². The Morgan fingerprint density at radius 2 is 1.94 bits per heavy atom. The zero-order chi connectivity index (χ0) is 22.2. The molecule has 1 aromatic carbocycles. The fraction of sp³-hybridized carbons (Fsp3) is 0.316. The van der Waals surface area contributed by atoms with E-state index in [1.165, 1.54) is 10.9 Å². The number of halogens is 5. The van der Waals surface area contributed by atoms with Crippen molar-refractivity contribution in [3.8, 4) is 5.75 Å². The number of nitrogens with zero attached hydrogens (tertiary/aromatic N) is 4. The fourth-order valence-corrected chi connectivity index (χ4v) is 4.11. The average Bonchev–Trinajstić information content (AvgIpc) is 3.34. The second-order valence-electron chi connectivity index (χ2n) is 7.02. The van der Waals surface area contributed by atoms with Crippen molar-refractivity contribution in [1.82, 2.24) is 19.6 Å². The Morgan fingerprint density at radius 3 is 2.58 bits per heavy atom. The number of alkyl halides is 3. The molecule has 1 aliphatic carbocycles. The molecule has 1 N–H and O–H groups in total. The highest BCUT2D eigenvalue weighted by molar-refractivity contribution is 9.10. The van der Waals surface area contributed by atoms with Crippen LogP contribution in [0.4, 0.5) is 18.9 Å². The molecule has 31 heavy (non-hydrogen) atoms. The first-order chi connectivity index (χ1) is 14.7. The first-order valence-corrected chi connectivity index (χ1v) is 10.8. The lowest BCUT2D eigenvalue weighted by Crippen LogP contribution is -2.21. The molecule has 1 aliphatic rings. The number of benzene rings is 1. The second kappa shape index (κ2) is 8.65. The minimum Gasteiger partial charge on any atom is -0.471 e. The minimum atomic E-state index is -4.60. The lowest BCUT2D eigenvalue weighted by molar-refractivity contribution is -0.142. The predicted molar refractivity (Wildman–Crippen MR) is 113 cm³/mol. The van der Waals surface area contributed by atoms with Gasteiger partial charge >= 0.3 is 6.18 Å². The van der Waals surface area contributed by atoms with Gasteiger partial charge in [-0.1, -0.05) is 15.9 Å². The molecule has 0 atom stereocenters. The van der Waals surface area contributed by atoms with Crippen LogP contribution in [0.5, 0.6) is 5.75 Å². The maximum absolute atomic E-state index is 13.2. The van der Waals surface area contributed by atoms with Crippen molar-refractivity contribution in [3.63, 3.8) is 0 Å². The molecule has 1 fully saturated rings. The summed E-state index contributed by atoms with van der Waals surface area (Å²) in [7, 11) is 0. The van der Waals surface area contributed by atoms with E-state index in [9.17, 15) is 18.0 Å². The van der Waals surface area contributed by atoms with E-state index in [0.717, 1.165) is 22.0 Å². The summed E-state index contributed by atoms with van der Waals surface area (Å²) in [5.74, 6) is 0.130. The Bertz CT molecular complexity index is 1090. The predicted octanol–water partition coefficient (Wildman–Crippen LogP) is 5.18. The highest BCUT2D eigenvalue weighted by atomic mass is 79.9. The Labute approximate surface area is 191 Å². The molecule has 12 heteroatoms. The first-order valence-electron chi connectivity index (χ1n) is 9.25. The molecule has 0 unspecified atom stereocenters. The quantitative estimate of drug-likeness (QED) is 0.431. The van der Waals surface area contributed by atoms with Crippen LogP contribution in [0.1, 0.15) is 30.1 Å². The van der Waals surface area contributed by atoms with Gasteiger partial charge in [0.1, 0.15) is 12.3 Å². The van der Waals surface area contributed by atoms with Crippen LogP contribution >= 0.6 is 31.9 Å². The van der Waals surface area contributed by atoms with Gasteiger partial charge in [0.25, 0.3) is 0 Å². The number of hydrogen-bond donors (Lipinski definition) is 1. The van der Waals surface area contributed by atoms with Crippen LogP contribution in [0.25, 0.3) is 0 Å². The van der Waals surface area contributed by atoms with Gasteiger partial charge in [0.15, 0.2) is 12.4 Å². The average molecular weight is 563 g/mol. The van der Waals surface area contributed by atoms with Crippen molar-refractivity contribution in [3.05, 3.63) is 57.0 Å². The Kier molecular flexibility index (Phi) is 6.11. The van der Waals surface area contributed by atoms with Crippen LogP contribution in [-0.2, 0) is 24.2 Å². The van der Waals surface area contributed by atoms with Crippen molar-refractivity contribution >= 4 is 43.5 Å². The van der Waals surface area contributed by atoms with Crippen LogP contribution in [0.15, 0.2) is 45.6 Å². The number of carbonyl (C=O) groups is 1. The SMILES string of the molecule is O=C(Cn1nc(C(F)(F)F)c(Br)c1C1CC1)Nc1cnn(COc2ccc(Br)cc2)c1. The lowest BCUT2D eigenvalue weighted by Gasteiger charge is -2.07. The third-order valence-electron chi connectivity index (χ3n) is 4.55. The molecular weight excluding hydrogens is 547 g/mol. The maximum atomic E-state index is 13.2. The Hall–Kier alpha value is -2.34. The third-order valence-corrected chi connectivity index (χ3v) is 5.86. The van der Waals surface area contributed by atoms with Gasteiger partial charge in [-0.25, -0.2) is 4.68 Å². The highest BCUT2D eigenvalue weighted by Gasteiger charge is 2.41. The van der Waals surface area contributed by atoms with Crippen LogP contribution in [0.2, 0.25) is 0 Å². The number of amides is 1. The van der Waals surface area contributed by atoms with Crippen molar-refractivity contribution in [2.24, 2.45) is 0 Å². The van der Waals surface area contributed by atoms with Gasteiger partial charge in [0, 0.05) is 10.4 Å². The zero-order valence-corrected chi connectivity index (χ0v) is 19.0. The van der Waals surface area contributed by atoms with E-state index in [0.29, 0.717) is 17.1 Å². The van der Waals surface area contributed by atoms with Gasteiger partial charge in [-0.05, 0) is 53.0 Å². The molecule has 1 amide bonds. The number of anilines is 1. The number of ether oxygens (including phenoxy) is 1. The van der Waals surface area contributed by atoms with Crippen LogP contribution in [0.3, 0.4) is 0 Å². The van der Waals surface area contributed by atoms with Gasteiger partial charge in [0.05, 0.1) is 28.2 Å². The maximum Gasteiger partial charge on any atom is 0.436 e. The van der Waals surface area contributed by atoms with Crippen LogP contribution < -0.4 is 10.1 Å². The molecule has 0 spiro atoms. The largest absolute Gasteiger partial charge is 0.471 e. The zero-order valence-electron chi connectivity index (χ0n) is 15.9. The molecule has 164 valence electrons. The number of carbonyl (C=O) groups excluding carboxylic acids is 1. The summed E-state index contributed by atoms with van der Waals surface area (Å²) < 4.78 is 48.6. The summed E-state index contributed by atoms with van der Waals surface area (Å²) in [5, 5.41) is 10.4. The molecule has 1 saturated carbocycles. The van der Waals surface area contributed by atoms with Gasteiger partial charge in [0.2, 0.25) is 5.91 Å². The molecule has 0 saturated heterocycles. The monoisotopic (exact) mass is 561 g/mol. The lowest BCUT2D eigenvalue weighted by atomic mass is 10.2. The molecule has 3 aromatic rings. The van der Waals surface area contributed by atoms with E-state index in [1.807, 2.05) is 12.1 Å². The topological polar surface area (TPSA) is 74.0 Å². The summed E-state index contributed by atoms with van der Waals surface area (Å²) in [5.41, 5.74) is -0.208. The molecule has 4 rings (SSSR count). The molecule has 2 heterocycles. The van der Waals surface area contributed by atoms with Crippen molar-refractivity contribution in [1.29, 1.82) is 0 Å². The highest BCUT2D eigenvalue weighted by Crippen LogP contribution is 2.46. The number of nitrogens with one attached hydrogen (secondary N) is 1. The van der Waals surface area contributed by atoms with E-state index in [2.05, 4.69) is 47.4 Å². The molecule has 7 nitrogen and oxygen atoms in total. The van der Waals surface area contributed by atoms with Gasteiger partial charge in [-0.3, -0.25) is 9.48 Å². The fourth-order valence-electron chi connectivity index (χ4n) is 3.01. The summed E-state index contributed by atoms with van der Waals surface area (Å²) >= 11 is 6.36. The molecule has 0 radical (unpaired) electrons. The van der Waals surface area contributed by atoms with Crippen molar-refractivity contribution in [2.75, 3.05) is 5.32 Å². The summed E-state index contributed by atoms with van der Waals surface area (Å²) in [6.45, 7) is -0.203.